The van der Waals surface area contributed by atoms with Crippen molar-refractivity contribution in [1.82, 2.24) is 9.55 Å². The molecule has 0 saturated heterocycles. The minimum absolute atomic E-state index is 0.151. The van der Waals surface area contributed by atoms with Crippen molar-refractivity contribution in [2.45, 2.75) is 64.5 Å². The molecule has 1 aromatic heterocycles. The molecule has 1 aromatic rings. The zero-order valence-corrected chi connectivity index (χ0v) is 12.0. The highest BCUT2D eigenvalue weighted by molar-refractivity contribution is 5.09. The second-order valence-electron chi connectivity index (χ2n) is 5.90. The third kappa shape index (κ3) is 3.00. The van der Waals surface area contributed by atoms with Crippen molar-refractivity contribution >= 4 is 0 Å². The predicted octanol–water partition coefficient (Wildman–Crippen LogP) is 2.63. The number of aryl methyl sites for hydroxylation is 1. The number of nitrogens with two attached hydrogens (primary N) is 1. The normalized spacial score (nSPS) is 21.0. The highest BCUT2D eigenvalue weighted by atomic mass is 16.3. The standard InChI is InChI=1S/C15H27N3O/c1-2-9-18-12-17-10-13(18)14(19)15(11-16)7-5-3-4-6-8-15/h10,12,14,19H,2-9,11,16H2,1H3. The average Bonchev–Trinajstić information content (AvgIpc) is 2.74. The van der Waals surface area contributed by atoms with Crippen molar-refractivity contribution in [2.24, 2.45) is 11.1 Å². The van der Waals surface area contributed by atoms with E-state index in [2.05, 4.69) is 16.5 Å². The van der Waals surface area contributed by atoms with Crippen LogP contribution in [0.1, 0.15) is 63.7 Å². The number of aliphatic hydroxyl groups excluding tert-OH is 1. The van der Waals surface area contributed by atoms with Gasteiger partial charge < -0.3 is 15.4 Å². The Morgan fingerprint density at radius 1 is 1.37 bits per heavy atom. The molecule has 0 spiro atoms. The molecule has 0 aliphatic heterocycles. The Labute approximate surface area is 116 Å². The van der Waals surface area contributed by atoms with Crippen LogP contribution in [0.4, 0.5) is 0 Å². The molecule has 2 rings (SSSR count). The molecule has 1 heterocycles. The van der Waals surface area contributed by atoms with Crippen LogP contribution in [0.2, 0.25) is 0 Å². The summed E-state index contributed by atoms with van der Waals surface area (Å²) < 4.78 is 2.08. The molecule has 1 aliphatic rings. The van der Waals surface area contributed by atoms with Gasteiger partial charge in [-0.1, -0.05) is 32.6 Å². The molecule has 1 atom stereocenters. The summed E-state index contributed by atoms with van der Waals surface area (Å²) in [6.45, 7) is 3.61. The van der Waals surface area contributed by atoms with Gasteiger partial charge in [0, 0.05) is 18.5 Å². The second-order valence-corrected chi connectivity index (χ2v) is 5.90. The fourth-order valence-electron chi connectivity index (χ4n) is 3.32. The van der Waals surface area contributed by atoms with Crippen molar-refractivity contribution in [3.63, 3.8) is 0 Å². The van der Waals surface area contributed by atoms with Gasteiger partial charge in [-0.15, -0.1) is 0 Å². The second kappa shape index (κ2) is 6.53. The van der Waals surface area contributed by atoms with Crippen molar-refractivity contribution in [1.29, 1.82) is 0 Å². The van der Waals surface area contributed by atoms with Crippen LogP contribution in [0.3, 0.4) is 0 Å². The SMILES string of the molecule is CCCn1cncc1C(O)C1(CN)CCCCCC1. The molecule has 0 bridgehead atoms. The maximum atomic E-state index is 10.9. The number of hydrogen-bond acceptors (Lipinski definition) is 3. The summed E-state index contributed by atoms with van der Waals surface area (Å²) in [5.41, 5.74) is 6.84. The zero-order chi connectivity index (χ0) is 13.7. The van der Waals surface area contributed by atoms with E-state index in [1.165, 1.54) is 25.7 Å². The summed E-state index contributed by atoms with van der Waals surface area (Å²) in [6, 6.07) is 0. The van der Waals surface area contributed by atoms with Gasteiger partial charge in [0.2, 0.25) is 0 Å². The lowest BCUT2D eigenvalue weighted by Gasteiger charge is -2.36. The van der Waals surface area contributed by atoms with Gasteiger partial charge in [0.15, 0.2) is 0 Å². The van der Waals surface area contributed by atoms with Crippen molar-refractivity contribution in [3.8, 4) is 0 Å². The third-order valence-electron chi connectivity index (χ3n) is 4.58. The zero-order valence-electron chi connectivity index (χ0n) is 12.0. The van der Waals surface area contributed by atoms with E-state index in [0.29, 0.717) is 6.54 Å². The molecular weight excluding hydrogens is 238 g/mol. The first-order chi connectivity index (χ1) is 9.23. The third-order valence-corrected chi connectivity index (χ3v) is 4.58. The van der Waals surface area contributed by atoms with Crippen LogP contribution in [0.15, 0.2) is 12.5 Å². The minimum atomic E-state index is -0.482. The first kappa shape index (κ1) is 14.5. The minimum Gasteiger partial charge on any atom is -0.386 e. The van der Waals surface area contributed by atoms with Crippen LogP contribution in [0, 0.1) is 5.41 Å². The van der Waals surface area contributed by atoms with Crippen LogP contribution in [0.5, 0.6) is 0 Å². The first-order valence-corrected chi connectivity index (χ1v) is 7.61. The molecular formula is C15H27N3O. The van der Waals surface area contributed by atoms with Gasteiger partial charge in [-0.2, -0.15) is 0 Å². The van der Waals surface area contributed by atoms with Crippen LogP contribution in [0.25, 0.3) is 0 Å². The summed E-state index contributed by atoms with van der Waals surface area (Å²) in [6.07, 6.45) is 11.1. The monoisotopic (exact) mass is 265 g/mol. The Kier molecular flexibility index (Phi) is 4.99. The molecule has 1 saturated carbocycles. The lowest BCUT2D eigenvalue weighted by Crippen LogP contribution is -2.37. The Morgan fingerprint density at radius 2 is 2.05 bits per heavy atom. The lowest BCUT2D eigenvalue weighted by molar-refractivity contribution is 0.0109. The summed E-state index contributed by atoms with van der Waals surface area (Å²) in [7, 11) is 0. The van der Waals surface area contributed by atoms with E-state index in [-0.39, 0.29) is 5.41 Å². The number of nitrogens with zero attached hydrogens (tertiary/aromatic N) is 2. The Bertz CT molecular complexity index is 380. The molecule has 1 aliphatic carbocycles. The van der Waals surface area contributed by atoms with E-state index in [1.807, 2.05) is 12.5 Å². The summed E-state index contributed by atoms with van der Waals surface area (Å²) >= 11 is 0. The van der Waals surface area contributed by atoms with Gasteiger partial charge in [0.1, 0.15) is 6.10 Å². The number of imidazole rings is 1. The molecule has 0 amide bonds. The van der Waals surface area contributed by atoms with Gasteiger partial charge in [0.25, 0.3) is 0 Å². The molecule has 1 unspecified atom stereocenters. The Balaban J connectivity index is 2.23. The molecule has 0 radical (unpaired) electrons. The van der Waals surface area contributed by atoms with Gasteiger partial charge in [-0.3, -0.25) is 0 Å². The quantitative estimate of drug-likeness (QED) is 0.804. The predicted molar refractivity (Wildman–Crippen MR) is 76.7 cm³/mol. The highest BCUT2D eigenvalue weighted by Crippen LogP contribution is 2.44. The van der Waals surface area contributed by atoms with E-state index in [9.17, 15) is 5.11 Å². The Morgan fingerprint density at radius 3 is 2.63 bits per heavy atom. The van der Waals surface area contributed by atoms with Crippen LogP contribution < -0.4 is 5.73 Å². The molecule has 4 heteroatoms. The number of aromatic nitrogens is 2. The van der Waals surface area contributed by atoms with Crippen LogP contribution in [-0.2, 0) is 6.54 Å². The lowest BCUT2D eigenvalue weighted by atomic mass is 9.74. The van der Waals surface area contributed by atoms with Crippen molar-refractivity contribution in [3.05, 3.63) is 18.2 Å². The van der Waals surface area contributed by atoms with Gasteiger partial charge in [-0.05, 0) is 19.3 Å². The first-order valence-electron chi connectivity index (χ1n) is 7.61. The molecule has 3 N–H and O–H groups in total. The van der Waals surface area contributed by atoms with Gasteiger partial charge in [-0.25, -0.2) is 4.98 Å². The average molecular weight is 265 g/mol. The van der Waals surface area contributed by atoms with Crippen LogP contribution >= 0.6 is 0 Å². The molecule has 0 aromatic carbocycles. The fourth-order valence-corrected chi connectivity index (χ4v) is 3.32. The number of aliphatic hydroxyl groups is 1. The summed E-state index contributed by atoms with van der Waals surface area (Å²) in [4.78, 5) is 4.21. The summed E-state index contributed by atoms with van der Waals surface area (Å²) in [5.74, 6) is 0. The van der Waals surface area contributed by atoms with Crippen molar-refractivity contribution in [2.75, 3.05) is 6.54 Å². The Hall–Kier alpha value is -0.870. The summed E-state index contributed by atoms with van der Waals surface area (Å²) in [5, 5.41) is 10.9. The van der Waals surface area contributed by atoms with E-state index in [4.69, 9.17) is 5.73 Å². The molecule has 1 fully saturated rings. The number of hydrogen-bond donors (Lipinski definition) is 2. The molecule has 108 valence electrons. The number of rotatable bonds is 5. The van der Waals surface area contributed by atoms with Gasteiger partial charge >= 0.3 is 0 Å². The topological polar surface area (TPSA) is 64.1 Å². The maximum Gasteiger partial charge on any atom is 0.102 e. The fraction of sp³-hybridized carbons (Fsp3) is 0.800. The van der Waals surface area contributed by atoms with E-state index in [0.717, 1.165) is 31.5 Å². The molecule has 4 nitrogen and oxygen atoms in total. The van der Waals surface area contributed by atoms with E-state index in [1.54, 1.807) is 0 Å². The van der Waals surface area contributed by atoms with E-state index >= 15 is 0 Å². The van der Waals surface area contributed by atoms with E-state index < -0.39 is 6.10 Å². The molecule has 19 heavy (non-hydrogen) atoms. The highest BCUT2D eigenvalue weighted by Gasteiger charge is 2.39. The van der Waals surface area contributed by atoms with Gasteiger partial charge in [0.05, 0.1) is 18.2 Å². The largest absolute Gasteiger partial charge is 0.386 e. The van der Waals surface area contributed by atoms with Crippen molar-refractivity contribution < 1.29 is 5.11 Å². The maximum absolute atomic E-state index is 10.9. The smallest absolute Gasteiger partial charge is 0.102 e. The van der Waals surface area contributed by atoms with Crippen LogP contribution in [-0.4, -0.2) is 21.2 Å².